The van der Waals surface area contributed by atoms with Crippen LogP contribution < -0.4 is 10.6 Å². The topological polar surface area (TPSA) is 76.0 Å². The smallest absolute Gasteiger partial charge is 0.243 e. The number of allylic oxidation sites excluding steroid dienone is 1. The summed E-state index contributed by atoms with van der Waals surface area (Å²) in [6.07, 6.45) is 2.03. The summed E-state index contributed by atoms with van der Waals surface area (Å²) in [6.45, 7) is 0. The molecule has 2 atom stereocenters. The van der Waals surface area contributed by atoms with E-state index in [4.69, 9.17) is 40.5 Å². The third kappa shape index (κ3) is 5.26. The fourth-order valence-corrected chi connectivity index (χ4v) is 7.90. The predicted octanol–water partition coefficient (Wildman–Crippen LogP) is 8.83. The van der Waals surface area contributed by atoms with Crippen LogP contribution in [0.15, 0.2) is 140 Å². The van der Waals surface area contributed by atoms with Crippen LogP contribution >= 0.6 is 35.4 Å². The molecule has 244 valence electrons. The lowest BCUT2D eigenvalue weighted by Gasteiger charge is -2.49. The predicted molar refractivity (Wildman–Crippen MR) is 202 cm³/mol. The van der Waals surface area contributed by atoms with Crippen molar-refractivity contribution in [3.8, 4) is 16.9 Å². The molecule has 2 heterocycles. The number of nitrogens with one attached hydrogen (secondary N) is 2. The maximum Gasteiger partial charge on any atom is 0.243 e. The van der Waals surface area contributed by atoms with E-state index >= 15 is 9.59 Å². The van der Waals surface area contributed by atoms with E-state index in [2.05, 4.69) is 10.6 Å². The Bertz CT molecular complexity index is 2270. The van der Waals surface area contributed by atoms with Gasteiger partial charge in [-0.2, -0.15) is 5.10 Å². The maximum absolute atomic E-state index is 15.1. The second kappa shape index (κ2) is 12.8. The fraction of sp³-hybridized carbons (Fsp3) is 0.0732. The van der Waals surface area contributed by atoms with E-state index in [1.165, 1.54) is 0 Å². The Kier molecular flexibility index (Phi) is 8.19. The number of para-hydroxylation sites is 1. The zero-order valence-electron chi connectivity index (χ0n) is 26.4. The maximum atomic E-state index is 15.1. The summed E-state index contributed by atoms with van der Waals surface area (Å²) in [6, 6.07) is 44.3. The van der Waals surface area contributed by atoms with Crippen molar-refractivity contribution in [1.82, 2.24) is 20.4 Å². The number of amides is 2. The number of benzene rings is 5. The third-order valence-electron chi connectivity index (χ3n) is 9.49. The van der Waals surface area contributed by atoms with Crippen molar-refractivity contribution in [2.75, 3.05) is 0 Å². The summed E-state index contributed by atoms with van der Waals surface area (Å²) in [7, 11) is 0. The molecule has 5 aromatic carbocycles. The third-order valence-corrected chi connectivity index (χ3v) is 10.2. The Morgan fingerprint density at radius 3 is 1.72 bits per heavy atom. The normalized spacial score (nSPS) is 18.8. The lowest BCUT2D eigenvalue weighted by atomic mass is 9.52. The molecule has 2 unspecified atom stereocenters. The molecule has 1 saturated heterocycles. The first kappa shape index (κ1) is 31.9. The molecular weight excluding hydrogens is 683 g/mol. The molecule has 6 nitrogen and oxygen atoms in total. The van der Waals surface area contributed by atoms with E-state index in [0.29, 0.717) is 21.3 Å². The number of nitrogens with zero attached hydrogens (tertiary/aromatic N) is 2. The minimum atomic E-state index is -1.79. The quantitative estimate of drug-likeness (QED) is 0.139. The molecule has 0 saturated carbocycles. The summed E-state index contributed by atoms with van der Waals surface area (Å²) in [5.74, 6) is -2.71. The van der Waals surface area contributed by atoms with E-state index in [9.17, 15) is 0 Å². The molecule has 1 spiro atoms. The van der Waals surface area contributed by atoms with Crippen LogP contribution in [0.3, 0.4) is 0 Å². The number of carbonyl (C=O) groups excluding carboxylic acids is 2. The second-order valence-electron chi connectivity index (χ2n) is 12.3. The Labute approximate surface area is 304 Å². The van der Waals surface area contributed by atoms with Crippen molar-refractivity contribution in [2.24, 2.45) is 5.41 Å². The number of hydrogen-bond donors (Lipinski definition) is 2. The first-order valence-electron chi connectivity index (χ1n) is 16.0. The molecule has 2 aliphatic rings. The molecule has 2 amide bonds. The van der Waals surface area contributed by atoms with Gasteiger partial charge >= 0.3 is 0 Å². The van der Waals surface area contributed by atoms with Gasteiger partial charge in [0.2, 0.25) is 11.8 Å². The van der Waals surface area contributed by atoms with Gasteiger partial charge in [-0.3, -0.25) is 9.59 Å². The Morgan fingerprint density at radius 2 is 1.16 bits per heavy atom. The van der Waals surface area contributed by atoms with Gasteiger partial charge in [-0.15, -0.1) is 0 Å². The van der Waals surface area contributed by atoms with Crippen molar-refractivity contribution >= 4 is 64.0 Å². The van der Waals surface area contributed by atoms with Crippen LogP contribution in [-0.4, -0.2) is 26.7 Å². The minimum Gasteiger partial charge on any atom is -0.302 e. The number of thiocarbonyl (C=S) groups is 1. The standard InChI is InChI=1S/C41H28Cl2N4O2S/c42-29-20-16-26(17-21-29)34-32(24-25-10-4-1-5-11-25)36-33(37(28-12-6-2-7-13-28)47(46-36)31-14-8-3-9-15-31)35(27-18-22-30(43)23-19-27)41(34)38(48)44-40(50)45-39(41)49/h1-24,34-35H,(H2,44,45,48,49,50)/b32-24-. The SMILES string of the molecule is O=C1NC(=S)NC(=O)C12C(c1ccc(Cl)cc1)/C(=C/c1ccccc1)c1nn(-c3ccccc3)c(-c3ccccc3)c1C2c1ccc(Cl)cc1. The Hall–Kier alpha value is -5.34. The molecule has 50 heavy (non-hydrogen) atoms. The van der Waals surface area contributed by atoms with Gasteiger partial charge in [-0.25, -0.2) is 4.68 Å². The van der Waals surface area contributed by atoms with Crippen LogP contribution in [0.2, 0.25) is 10.0 Å². The number of hydrogen-bond acceptors (Lipinski definition) is 4. The summed E-state index contributed by atoms with van der Waals surface area (Å²) in [5, 5.41) is 12.1. The monoisotopic (exact) mass is 710 g/mol. The van der Waals surface area contributed by atoms with E-state index in [1.807, 2.05) is 126 Å². The van der Waals surface area contributed by atoms with Gasteiger partial charge in [0.05, 0.1) is 17.1 Å². The van der Waals surface area contributed by atoms with Crippen molar-refractivity contribution in [2.45, 2.75) is 11.8 Å². The first-order valence-corrected chi connectivity index (χ1v) is 17.2. The summed E-state index contributed by atoms with van der Waals surface area (Å²) in [4.78, 5) is 30.1. The van der Waals surface area contributed by atoms with Crippen LogP contribution in [0.25, 0.3) is 28.6 Å². The van der Waals surface area contributed by atoms with Crippen molar-refractivity contribution in [3.63, 3.8) is 0 Å². The van der Waals surface area contributed by atoms with Gasteiger partial charge in [-0.05, 0) is 77.0 Å². The van der Waals surface area contributed by atoms with E-state index < -0.39 is 29.1 Å². The average molecular weight is 712 g/mol. The van der Waals surface area contributed by atoms with Gasteiger partial charge in [0.15, 0.2) is 10.5 Å². The highest BCUT2D eigenvalue weighted by molar-refractivity contribution is 7.80. The van der Waals surface area contributed by atoms with E-state index in [-0.39, 0.29) is 5.11 Å². The largest absolute Gasteiger partial charge is 0.302 e. The molecule has 1 aliphatic heterocycles. The van der Waals surface area contributed by atoms with Crippen molar-refractivity contribution < 1.29 is 9.59 Å². The highest BCUT2D eigenvalue weighted by Crippen LogP contribution is 2.63. The Morgan fingerprint density at radius 1 is 0.660 bits per heavy atom. The Balaban J connectivity index is 1.59. The molecule has 2 N–H and O–H groups in total. The second-order valence-corrected chi connectivity index (χ2v) is 13.6. The average Bonchev–Trinajstić information content (AvgIpc) is 3.53. The fourth-order valence-electron chi connectivity index (χ4n) is 7.46. The van der Waals surface area contributed by atoms with Gasteiger partial charge in [0.1, 0.15) is 0 Å². The lowest BCUT2D eigenvalue weighted by Crippen LogP contribution is -2.67. The van der Waals surface area contributed by atoms with Gasteiger partial charge in [0, 0.05) is 33.0 Å². The zero-order chi connectivity index (χ0) is 34.4. The molecule has 6 aromatic rings. The molecule has 8 rings (SSSR count). The van der Waals surface area contributed by atoms with Crippen LogP contribution in [0.1, 0.15) is 39.8 Å². The molecule has 1 aliphatic carbocycles. The summed E-state index contributed by atoms with van der Waals surface area (Å²) < 4.78 is 1.92. The number of halogens is 2. The van der Waals surface area contributed by atoms with E-state index in [1.54, 1.807) is 24.3 Å². The van der Waals surface area contributed by atoms with Gasteiger partial charge < -0.3 is 10.6 Å². The minimum absolute atomic E-state index is 0.0435. The number of aromatic nitrogens is 2. The lowest BCUT2D eigenvalue weighted by molar-refractivity contribution is -0.145. The van der Waals surface area contributed by atoms with Crippen LogP contribution in [0, 0.1) is 5.41 Å². The number of rotatable bonds is 5. The molecule has 1 aromatic heterocycles. The van der Waals surface area contributed by atoms with Crippen molar-refractivity contribution in [1.29, 1.82) is 0 Å². The summed E-state index contributed by atoms with van der Waals surface area (Å²) >= 11 is 18.3. The van der Waals surface area contributed by atoms with E-state index in [0.717, 1.165) is 39.2 Å². The van der Waals surface area contributed by atoms with Gasteiger partial charge in [-0.1, -0.05) is 126 Å². The van der Waals surface area contributed by atoms with Gasteiger partial charge in [0.25, 0.3) is 0 Å². The van der Waals surface area contributed by atoms with Crippen LogP contribution in [-0.2, 0) is 9.59 Å². The zero-order valence-corrected chi connectivity index (χ0v) is 28.7. The van der Waals surface area contributed by atoms with Crippen LogP contribution in [0.5, 0.6) is 0 Å². The molecule has 0 bridgehead atoms. The number of carbonyl (C=O) groups is 2. The molecule has 1 fully saturated rings. The van der Waals surface area contributed by atoms with Crippen LogP contribution in [0.4, 0.5) is 0 Å². The first-order chi connectivity index (χ1) is 24.4. The highest BCUT2D eigenvalue weighted by atomic mass is 35.5. The molecule has 0 radical (unpaired) electrons. The molecular formula is C41H28Cl2N4O2S. The summed E-state index contributed by atoms with van der Waals surface area (Å²) in [5.41, 5.74) is 5.08. The van der Waals surface area contributed by atoms with Crippen molar-refractivity contribution in [3.05, 3.63) is 178 Å². The number of fused-ring (bicyclic) bond motifs is 1. The highest BCUT2D eigenvalue weighted by Gasteiger charge is 2.65. The molecule has 9 heteroatoms.